The van der Waals surface area contributed by atoms with Crippen molar-refractivity contribution in [1.29, 1.82) is 0 Å². The predicted molar refractivity (Wildman–Crippen MR) is 116 cm³/mol. The Morgan fingerprint density at radius 3 is 2.83 bits per heavy atom. The molecule has 0 saturated carbocycles. The number of hydrogen-bond donors (Lipinski definition) is 1. The van der Waals surface area contributed by atoms with Crippen LogP contribution in [0.2, 0.25) is 0 Å². The van der Waals surface area contributed by atoms with Crippen molar-refractivity contribution in [2.75, 3.05) is 32.4 Å². The van der Waals surface area contributed by atoms with Gasteiger partial charge in [0.25, 0.3) is 5.56 Å². The van der Waals surface area contributed by atoms with E-state index in [0.717, 1.165) is 17.0 Å². The highest BCUT2D eigenvalue weighted by Gasteiger charge is 2.14. The molecule has 2 aromatic carbocycles. The molecule has 1 aromatic heterocycles. The van der Waals surface area contributed by atoms with Gasteiger partial charge in [0.05, 0.1) is 16.6 Å². The monoisotopic (exact) mass is 408 g/mol. The third kappa shape index (κ3) is 4.13. The van der Waals surface area contributed by atoms with Gasteiger partial charge in [0.15, 0.2) is 11.5 Å². The highest BCUT2D eigenvalue weighted by atomic mass is 16.6. The fraction of sp³-hybridized carbons (Fsp3) is 0.318. The van der Waals surface area contributed by atoms with Crippen LogP contribution in [0.15, 0.2) is 52.4 Å². The third-order valence-electron chi connectivity index (χ3n) is 4.88. The normalized spacial score (nSPS) is 13.5. The molecule has 0 bridgehead atoms. The molecular weight excluding hydrogens is 384 g/mol. The topological polar surface area (TPSA) is 87.0 Å². The second-order valence-corrected chi connectivity index (χ2v) is 6.92. The van der Waals surface area contributed by atoms with Crippen molar-refractivity contribution in [2.45, 2.75) is 19.9 Å². The molecule has 1 N–H and O–H groups in total. The van der Waals surface area contributed by atoms with E-state index in [2.05, 4.69) is 15.5 Å². The summed E-state index contributed by atoms with van der Waals surface area (Å²) in [5.41, 5.74) is 5.12. The van der Waals surface area contributed by atoms with Gasteiger partial charge in [-0.3, -0.25) is 9.36 Å². The van der Waals surface area contributed by atoms with Crippen LogP contribution in [0.1, 0.15) is 18.9 Å². The molecule has 8 heteroatoms. The molecule has 4 rings (SSSR count). The molecule has 0 amide bonds. The van der Waals surface area contributed by atoms with Gasteiger partial charge in [-0.05, 0) is 43.7 Å². The number of benzene rings is 2. The number of nitrogens with zero attached hydrogens (tertiary/aromatic N) is 3. The summed E-state index contributed by atoms with van der Waals surface area (Å²) >= 11 is 0. The first kappa shape index (κ1) is 19.9. The quantitative estimate of drug-likeness (QED) is 0.367. The zero-order valence-corrected chi connectivity index (χ0v) is 17.1. The SMILES string of the molecule is COCCCn1c(N/N=C(/C)c2ccc3c(c2)OCCO3)nc2ccccc2c1=O. The van der Waals surface area contributed by atoms with Crippen LogP contribution in [0.3, 0.4) is 0 Å². The second-order valence-electron chi connectivity index (χ2n) is 6.92. The van der Waals surface area contributed by atoms with Crippen LogP contribution in [-0.4, -0.2) is 42.2 Å². The first-order chi connectivity index (χ1) is 14.7. The lowest BCUT2D eigenvalue weighted by atomic mass is 10.1. The van der Waals surface area contributed by atoms with E-state index in [1.165, 1.54) is 0 Å². The molecule has 0 aliphatic carbocycles. The van der Waals surface area contributed by atoms with Crippen LogP contribution in [-0.2, 0) is 11.3 Å². The van der Waals surface area contributed by atoms with Crippen molar-refractivity contribution in [3.8, 4) is 11.5 Å². The number of hydrogen-bond acceptors (Lipinski definition) is 7. The average Bonchev–Trinajstić information content (AvgIpc) is 2.79. The van der Waals surface area contributed by atoms with Crippen molar-refractivity contribution in [2.24, 2.45) is 5.10 Å². The van der Waals surface area contributed by atoms with Crippen LogP contribution in [0.25, 0.3) is 10.9 Å². The lowest BCUT2D eigenvalue weighted by molar-refractivity contribution is 0.171. The van der Waals surface area contributed by atoms with Crippen LogP contribution >= 0.6 is 0 Å². The van der Waals surface area contributed by atoms with E-state index in [9.17, 15) is 4.79 Å². The van der Waals surface area contributed by atoms with E-state index in [1.807, 2.05) is 43.3 Å². The maximum Gasteiger partial charge on any atom is 0.262 e. The van der Waals surface area contributed by atoms with Gasteiger partial charge < -0.3 is 14.2 Å². The molecule has 1 aliphatic heterocycles. The van der Waals surface area contributed by atoms with Crippen molar-refractivity contribution in [3.05, 3.63) is 58.4 Å². The van der Waals surface area contributed by atoms with E-state index < -0.39 is 0 Å². The number of hydrazone groups is 1. The molecule has 0 unspecified atom stereocenters. The minimum absolute atomic E-state index is 0.105. The van der Waals surface area contributed by atoms with E-state index in [4.69, 9.17) is 14.2 Å². The minimum atomic E-state index is -0.105. The molecule has 8 nitrogen and oxygen atoms in total. The molecule has 3 aromatic rings. The molecule has 0 atom stereocenters. The fourth-order valence-corrected chi connectivity index (χ4v) is 3.29. The average molecular weight is 408 g/mol. The highest BCUT2D eigenvalue weighted by Crippen LogP contribution is 2.30. The Bertz CT molecular complexity index is 1140. The molecular formula is C22H24N4O4. The van der Waals surface area contributed by atoms with E-state index in [1.54, 1.807) is 17.7 Å². The van der Waals surface area contributed by atoms with Crippen molar-refractivity contribution >= 4 is 22.6 Å². The van der Waals surface area contributed by atoms with Gasteiger partial charge in [-0.2, -0.15) is 5.10 Å². The number of rotatable bonds is 7. The summed E-state index contributed by atoms with van der Waals surface area (Å²) in [7, 11) is 1.64. The summed E-state index contributed by atoms with van der Waals surface area (Å²) in [6.45, 7) is 3.99. The van der Waals surface area contributed by atoms with Crippen molar-refractivity contribution in [3.63, 3.8) is 0 Å². The third-order valence-corrected chi connectivity index (χ3v) is 4.88. The second kappa shape index (κ2) is 8.96. The number of anilines is 1. The van der Waals surface area contributed by atoms with Crippen molar-refractivity contribution in [1.82, 2.24) is 9.55 Å². The zero-order chi connectivity index (χ0) is 20.9. The van der Waals surface area contributed by atoms with E-state index in [0.29, 0.717) is 55.4 Å². The largest absolute Gasteiger partial charge is 0.486 e. The standard InChI is InChI=1S/C22H24N4O4/c1-15(16-8-9-19-20(14-16)30-13-12-29-19)24-25-22-23-18-7-4-3-6-17(18)21(27)26(22)10-5-11-28-2/h3-4,6-9,14H,5,10-13H2,1-2H3,(H,23,25)/b24-15-. The molecule has 0 saturated heterocycles. The Morgan fingerprint density at radius 2 is 2.00 bits per heavy atom. The molecule has 30 heavy (non-hydrogen) atoms. The maximum atomic E-state index is 13.0. The zero-order valence-electron chi connectivity index (χ0n) is 17.1. The number of aromatic nitrogens is 2. The highest BCUT2D eigenvalue weighted by molar-refractivity contribution is 5.99. The van der Waals surface area contributed by atoms with E-state index in [-0.39, 0.29) is 5.56 Å². The number of fused-ring (bicyclic) bond motifs is 2. The molecule has 0 fully saturated rings. The molecule has 0 radical (unpaired) electrons. The van der Waals surface area contributed by atoms with E-state index >= 15 is 0 Å². The lowest BCUT2D eigenvalue weighted by Crippen LogP contribution is -2.25. The Morgan fingerprint density at radius 1 is 1.20 bits per heavy atom. The molecule has 156 valence electrons. The number of para-hydroxylation sites is 1. The number of ether oxygens (including phenoxy) is 3. The van der Waals surface area contributed by atoms with Gasteiger partial charge in [-0.1, -0.05) is 12.1 Å². The van der Waals surface area contributed by atoms with Gasteiger partial charge in [0, 0.05) is 25.8 Å². The molecule has 1 aliphatic rings. The smallest absolute Gasteiger partial charge is 0.262 e. The van der Waals surface area contributed by atoms with Crippen molar-refractivity contribution < 1.29 is 14.2 Å². The van der Waals surface area contributed by atoms with Gasteiger partial charge in [-0.15, -0.1) is 0 Å². The Hall–Kier alpha value is -3.39. The molecule has 0 spiro atoms. The van der Waals surface area contributed by atoms with Gasteiger partial charge >= 0.3 is 0 Å². The summed E-state index contributed by atoms with van der Waals surface area (Å²) in [6.07, 6.45) is 0.690. The predicted octanol–water partition coefficient (Wildman–Crippen LogP) is 3.04. The maximum absolute atomic E-state index is 13.0. The summed E-state index contributed by atoms with van der Waals surface area (Å²) < 4.78 is 17.9. The van der Waals surface area contributed by atoms with Crippen LogP contribution < -0.4 is 20.5 Å². The summed E-state index contributed by atoms with van der Waals surface area (Å²) in [5.74, 6) is 1.83. The number of nitrogens with one attached hydrogen (secondary N) is 1. The first-order valence-corrected chi connectivity index (χ1v) is 9.86. The minimum Gasteiger partial charge on any atom is -0.486 e. The van der Waals surface area contributed by atoms with Crippen LogP contribution in [0, 0.1) is 0 Å². The number of methoxy groups -OCH3 is 1. The fourth-order valence-electron chi connectivity index (χ4n) is 3.29. The summed E-state index contributed by atoms with van der Waals surface area (Å²) in [5, 5.41) is 5.04. The summed E-state index contributed by atoms with van der Waals surface area (Å²) in [4.78, 5) is 17.6. The van der Waals surface area contributed by atoms with Gasteiger partial charge in [-0.25, -0.2) is 10.4 Å². The van der Waals surface area contributed by atoms with Crippen LogP contribution in [0.4, 0.5) is 5.95 Å². The van der Waals surface area contributed by atoms with Gasteiger partial charge in [0.2, 0.25) is 5.95 Å². The molecule has 2 heterocycles. The lowest BCUT2D eigenvalue weighted by Gasteiger charge is -2.18. The van der Waals surface area contributed by atoms with Crippen LogP contribution in [0.5, 0.6) is 11.5 Å². The first-order valence-electron chi connectivity index (χ1n) is 9.86. The Balaban J connectivity index is 1.65. The summed E-state index contributed by atoms with van der Waals surface area (Å²) in [6, 6.07) is 13.0. The Labute approximate surface area is 174 Å². The van der Waals surface area contributed by atoms with Gasteiger partial charge in [0.1, 0.15) is 13.2 Å². The Kier molecular flexibility index (Phi) is 5.94.